The molecule has 0 radical (unpaired) electrons. The SMILES string of the molecule is Cc1nc(CC2CCN(C(=O)C3CCCc4ncccc43)C2)sc1C(=O)O. The third kappa shape index (κ3) is 3.60. The summed E-state index contributed by atoms with van der Waals surface area (Å²) in [4.78, 5) is 35.5. The molecule has 1 fully saturated rings. The summed E-state index contributed by atoms with van der Waals surface area (Å²) in [5.74, 6) is -0.419. The van der Waals surface area contributed by atoms with E-state index in [1.54, 1.807) is 13.1 Å². The molecule has 6 nitrogen and oxygen atoms in total. The van der Waals surface area contributed by atoms with Gasteiger partial charge in [-0.1, -0.05) is 6.07 Å². The topological polar surface area (TPSA) is 83.4 Å². The molecule has 1 aliphatic heterocycles. The van der Waals surface area contributed by atoms with Crippen LogP contribution in [0.3, 0.4) is 0 Å². The van der Waals surface area contributed by atoms with E-state index < -0.39 is 5.97 Å². The first-order valence-electron chi connectivity index (χ1n) is 9.45. The zero-order chi connectivity index (χ0) is 19.0. The maximum absolute atomic E-state index is 13.1. The number of rotatable bonds is 4. The minimum absolute atomic E-state index is 0.0677. The number of carboxylic acid groups (broad SMARTS) is 1. The number of aryl methyl sites for hydroxylation is 2. The molecule has 2 aromatic rings. The standard InChI is InChI=1S/C20H23N3O3S/c1-12-18(20(25)26)27-17(22-12)10-13-7-9-23(11-13)19(24)15-4-2-6-16-14(15)5-3-8-21-16/h3,5,8,13,15H,2,4,6-7,9-11H2,1H3,(H,25,26). The van der Waals surface area contributed by atoms with Gasteiger partial charge in [0.05, 0.1) is 16.6 Å². The van der Waals surface area contributed by atoms with Crippen LogP contribution in [0, 0.1) is 12.8 Å². The van der Waals surface area contributed by atoms with Crippen molar-refractivity contribution in [3.63, 3.8) is 0 Å². The molecule has 1 amide bonds. The summed E-state index contributed by atoms with van der Waals surface area (Å²) in [5.41, 5.74) is 2.75. The second-order valence-electron chi connectivity index (χ2n) is 7.45. The van der Waals surface area contributed by atoms with Gasteiger partial charge in [-0.25, -0.2) is 9.78 Å². The van der Waals surface area contributed by atoms with Crippen molar-refractivity contribution < 1.29 is 14.7 Å². The third-order valence-corrected chi connectivity index (χ3v) is 6.77. The van der Waals surface area contributed by atoms with Crippen molar-refractivity contribution in [1.82, 2.24) is 14.9 Å². The van der Waals surface area contributed by atoms with Gasteiger partial charge in [-0.15, -0.1) is 11.3 Å². The van der Waals surface area contributed by atoms with Crippen molar-refractivity contribution in [1.29, 1.82) is 0 Å². The Bertz CT molecular complexity index is 879. The largest absolute Gasteiger partial charge is 0.477 e. The van der Waals surface area contributed by atoms with Crippen molar-refractivity contribution in [2.75, 3.05) is 13.1 Å². The molecule has 27 heavy (non-hydrogen) atoms. The molecular weight excluding hydrogens is 362 g/mol. The molecule has 1 aliphatic carbocycles. The Morgan fingerprint density at radius 3 is 3.00 bits per heavy atom. The second-order valence-corrected chi connectivity index (χ2v) is 8.54. The minimum Gasteiger partial charge on any atom is -0.477 e. The fourth-order valence-electron chi connectivity index (χ4n) is 4.27. The van der Waals surface area contributed by atoms with Crippen LogP contribution in [-0.2, 0) is 17.6 Å². The lowest BCUT2D eigenvalue weighted by Gasteiger charge is -2.28. The van der Waals surface area contributed by atoms with Gasteiger partial charge in [0, 0.05) is 31.4 Å². The van der Waals surface area contributed by atoms with Gasteiger partial charge in [-0.2, -0.15) is 0 Å². The lowest BCUT2D eigenvalue weighted by Crippen LogP contribution is -2.35. The fraction of sp³-hybridized carbons (Fsp3) is 0.500. The lowest BCUT2D eigenvalue weighted by atomic mass is 9.84. The van der Waals surface area contributed by atoms with Crippen LogP contribution in [-0.4, -0.2) is 44.9 Å². The number of amides is 1. The fourth-order valence-corrected chi connectivity index (χ4v) is 5.28. The van der Waals surface area contributed by atoms with Crippen LogP contribution < -0.4 is 0 Å². The van der Waals surface area contributed by atoms with Crippen LogP contribution in [0.15, 0.2) is 18.3 Å². The van der Waals surface area contributed by atoms with E-state index in [1.165, 1.54) is 11.3 Å². The van der Waals surface area contributed by atoms with Crippen molar-refractivity contribution in [3.05, 3.63) is 45.2 Å². The van der Waals surface area contributed by atoms with E-state index in [9.17, 15) is 14.7 Å². The van der Waals surface area contributed by atoms with Gasteiger partial charge < -0.3 is 10.0 Å². The summed E-state index contributed by atoms with van der Waals surface area (Å²) in [5, 5.41) is 10.0. The van der Waals surface area contributed by atoms with E-state index in [4.69, 9.17) is 0 Å². The molecule has 2 aromatic heterocycles. The number of hydrogen-bond acceptors (Lipinski definition) is 5. The average molecular weight is 385 g/mol. The van der Waals surface area contributed by atoms with Crippen LogP contribution in [0.25, 0.3) is 0 Å². The Balaban J connectivity index is 1.42. The molecule has 2 unspecified atom stereocenters. The number of thiazole rings is 1. The lowest BCUT2D eigenvalue weighted by molar-refractivity contribution is -0.132. The first kappa shape index (κ1) is 18.1. The van der Waals surface area contributed by atoms with Crippen molar-refractivity contribution in [2.24, 2.45) is 5.92 Å². The number of likely N-dealkylation sites (tertiary alicyclic amines) is 1. The normalized spacial score (nSPS) is 21.9. The number of carboxylic acids is 1. The van der Waals surface area contributed by atoms with Gasteiger partial charge in [0.2, 0.25) is 5.91 Å². The zero-order valence-electron chi connectivity index (χ0n) is 15.4. The molecule has 2 aliphatic rings. The Hall–Kier alpha value is -2.28. The summed E-state index contributed by atoms with van der Waals surface area (Å²) < 4.78 is 0. The summed E-state index contributed by atoms with van der Waals surface area (Å²) >= 11 is 1.26. The first-order valence-corrected chi connectivity index (χ1v) is 10.3. The molecule has 0 spiro atoms. The van der Waals surface area contributed by atoms with Gasteiger partial charge in [0.1, 0.15) is 4.88 Å². The highest BCUT2D eigenvalue weighted by molar-refractivity contribution is 7.13. The summed E-state index contributed by atoms with van der Waals surface area (Å²) in [6.45, 7) is 3.24. The monoisotopic (exact) mass is 385 g/mol. The van der Waals surface area contributed by atoms with Crippen LogP contribution in [0.2, 0.25) is 0 Å². The molecule has 3 heterocycles. The van der Waals surface area contributed by atoms with Gasteiger partial charge >= 0.3 is 5.97 Å². The number of nitrogens with zero attached hydrogens (tertiary/aromatic N) is 3. The molecule has 1 saturated heterocycles. The van der Waals surface area contributed by atoms with Gasteiger partial charge in [0.25, 0.3) is 0 Å². The van der Waals surface area contributed by atoms with E-state index in [2.05, 4.69) is 9.97 Å². The second kappa shape index (κ2) is 7.38. The Morgan fingerprint density at radius 1 is 1.37 bits per heavy atom. The molecule has 2 atom stereocenters. The van der Waals surface area contributed by atoms with Crippen molar-refractivity contribution in [3.8, 4) is 0 Å². The number of pyridine rings is 1. The van der Waals surface area contributed by atoms with Crippen molar-refractivity contribution >= 4 is 23.2 Å². The van der Waals surface area contributed by atoms with Crippen LogP contribution in [0.5, 0.6) is 0 Å². The van der Waals surface area contributed by atoms with Crippen LogP contribution >= 0.6 is 11.3 Å². The minimum atomic E-state index is -0.913. The van der Waals surface area contributed by atoms with Gasteiger partial charge in [0.15, 0.2) is 0 Å². The molecule has 7 heteroatoms. The van der Waals surface area contributed by atoms with E-state index >= 15 is 0 Å². The highest BCUT2D eigenvalue weighted by Gasteiger charge is 2.34. The predicted octanol–water partition coefficient (Wildman–Crippen LogP) is 3.06. The van der Waals surface area contributed by atoms with E-state index in [1.807, 2.05) is 17.0 Å². The number of carbonyl (C=O) groups is 2. The van der Waals surface area contributed by atoms with Crippen LogP contribution in [0.4, 0.5) is 0 Å². The quantitative estimate of drug-likeness (QED) is 0.874. The summed E-state index contributed by atoms with van der Waals surface area (Å²) in [6.07, 6.45) is 6.35. The first-order chi connectivity index (χ1) is 13.0. The van der Waals surface area contributed by atoms with Crippen molar-refractivity contribution in [2.45, 2.75) is 44.9 Å². The highest BCUT2D eigenvalue weighted by Crippen LogP contribution is 2.34. The summed E-state index contributed by atoms with van der Waals surface area (Å²) in [7, 11) is 0. The van der Waals surface area contributed by atoms with Gasteiger partial charge in [-0.05, 0) is 50.2 Å². The zero-order valence-corrected chi connectivity index (χ0v) is 16.2. The van der Waals surface area contributed by atoms with Crippen LogP contribution in [0.1, 0.15) is 56.8 Å². The number of aromatic nitrogens is 2. The Kier molecular flexibility index (Phi) is 4.95. The molecule has 0 aromatic carbocycles. The molecule has 142 valence electrons. The molecule has 4 rings (SSSR count). The smallest absolute Gasteiger partial charge is 0.347 e. The van der Waals surface area contributed by atoms with E-state index in [0.29, 0.717) is 16.5 Å². The summed E-state index contributed by atoms with van der Waals surface area (Å²) in [6, 6.07) is 3.96. The highest BCUT2D eigenvalue weighted by atomic mass is 32.1. The Labute approximate surface area is 162 Å². The van der Waals surface area contributed by atoms with Gasteiger partial charge in [-0.3, -0.25) is 9.78 Å². The molecule has 1 N–H and O–H groups in total. The molecular formula is C20H23N3O3S. The third-order valence-electron chi connectivity index (χ3n) is 5.60. The number of aromatic carboxylic acids is 1. The van der Waals surface area contributed by atoms with E-state index in [-0.39, 0.29) is 11.8 Å². The number of fused-ring (bicyclic) bond motifs is 1. The average Bonchev–Trinajstić information content (AvgIpc) is 3.27. The maximum atomic E-state index is 13.1. The molecule has 0 saturated carbocycles. The predicted molar refractivity (Wildman–Crippen MR) is 102 cm³/mol. The maximum Gasteiger partial charge on any atom is 0.347 e. The Morgan fingerprint density at radius 2 is 2.22 bits per heavy atom. The number of carbonyl (C=O) groups excluding carboxylic acids is 1. The van der Waals surface area contributed by atoms with E-state index in [0.717, 1.165) is 61.5 Å². The number of hydrogen-bond donors (Lipinski definition) is 1. The molecule has 0 bridgehead atoms.